The van der Waals surface area contributed by atoms with E-state index in [4.69, 9.17) is 14.6 Å². The molecule has 1 aromatic carbocycles. The molecule has 0 aliphatic heterocycles. The highest BCUT2D eigenvalue weighted by molar-refractivity contribution is 5.92. The normalized spacial score (nSPS) is 9.91. The summed E-state index contributed by atoms with van der Waals surface area (Å²) in [6, 6.07) is 4.86. The van der Waals surface area contributed by atoms with Gasteiger partial charge in [-0.15, -0.1) is 0 Å². The van der Waals surface area contributed by atoms with Crippen LogP contribution in [0, 0.1) is 0 Å². The third kappa shape index (κ3) is 5.90. The van der Waals surface area contributed by atoms with Crippen LogP contribution < -0.4 is 20.1 Å². The molecule has 3 N–H and O–H groups in total. The number of carbonyl (C=O) groups is 2. The zero-order valence-electron chi connectivity index (χ0n) is 12.8. The number of methoxy groups -OCH3 is 2. The molecule has 0 aliphatic carbocycles. The van der Waals surface area contributed by atoms with Crippen LogP contribution in [0.1, 0.15) is 25.7 Å². The minimum Gasteiger partial charge on any atom is -0.494 e. The molecule has 0 saturated heterocycles. The number of unbranched alkanes of at least 4 members (excludes halogenated alkanes) is 2. The van der Waals surface area contributed by atoms with Gasteiger partial charge in [-0.1, -0.05) is 12.5 Å². The van der Waals surface area contributed by atoms with Crippen LogP contribution in [0.3, 0.4) is 0 Å². The number of ether oxygens (including phenoxy) is 2. The maximum atomic E-state index is 11.9. The summed E-state index contributed by atoms with van der Waals surface area (Å²) in [5, 5.41) is 13.9. The van der Waals surface area contributed by atoms with E-state index >= 15 is 0 Å². The fraction of sp³-hybridized carbons (Fsp3) is 0.467. The van der Waals surface area contributed by atoms with Crippen molar-refractivity contribution in [3.8, 4) is 11.5 Å². The van der Waals surface area contributed by atoms with Crippen LogP contribution in [0.5, 0.6) is 11.5 Å². The van der Waals surface area contributed by atoms with Crippen molar-refractivity contribution in [2.24, 2.45) is 0 Å². The summed E-state index contributed by atoms with van der Waals surface area (Å²) < 4.78 is 10.4. The predicted molar refractivity (Wildman–Crippen MR) is 82.7 cm³/mol. The molecule has 0 bridgehead atoms. The highest BCUT2D eigenvalue weighted by atomic mass is 16.5. The Kier molecular flexibility index (Phi) is 7.60. The minimum absolute atomic E-state index is 0.157. The summed E-state index contributed by atoms with van der Waals surface area (Å²) in [5.74, 6) is 0.223. The van der Waals surface area contributed by atoms with Crippen LogP contribution in [-0.2, 0) is 4.79 Å². The van der Waals surface area contributed by atoms with Gasteiger partial charge in [-0.25, -0.2) is 4.79 Å². The quantitative estimate of drug-likeness (QED) is 0.609. The highest BCUT2D eigenvalue weighted by Crippen LogP contribution is 2.33. The van der Waals surface area contributed by atoms with Crippen LogP contribution in [0.4, 0.5) is 10.5 Å². The van der Waals surface area contributed by atoms with Gasteiger partial charge in [0.15, 0.2) is 0 Å². The van der Waals surface area contributed by atoms with Crippen LogP contribution in [0.25, 0.3) is 0 Å². The smallest absolute Gasteiger partial charge is 0.319 e. The molecule has 0 aliphatic rings. The molecule has 0 spiro atoms. The molecule has 22 heavy (non-hydrogen) atoms. The Morgan fingerprint density at radius 2 is 1.73 bits per heavy atom. The molecule has 7 heteroatoms. The maximum Gasteiger partial charge on any atom is 0.319 e. The fourth-order valence-corrected chi connectivity index (χ4v) is 1.91. The van der Waals surface area contributed by atoms with E-state index in [1.165, 1.54) is 14.2 Å². The average Bonchev–Trinajstić information content (AvgIpc) is 2.50. The summed E-state index contributed by atoms with van der Waals surface area (Å²) in [6.45, 7) is 0.475. The molecule has 0 fully saturated rings. The largest absolute Gasteiger partial charge is 0.494 e. The molecule has 0 atom stereocenters. The second kappa shape index (κ2) is 9.49. The Balaban J connectivity index is 2.40. The number of nitrogens with one attached hydrogen (secondary N) is 2. The van der Waals surface area contributed by atoms with Crippen molar-refractivity contribution in [2.75, 3.05) is 26.1 Å². The first kappa shape index (κ1) is 17.6. The van der Waals surface area contributed by atoms with Crippen molar-refractivity contribution in [2.45, 2.75) is 25.7 Å². The number of aliphatic carboxylic acids is 1. The van der Waals surface area contributed by atoms with Gasteiger partial charge in [0.1, 0.15) is 17.2 Å². The van der Waals surface area contributed by atoms with E-state index in [2.05, 4.69) is 10.6 Å². The van der Waals surface area contributed by atoms with Gasteiger partial charge in [-0.3, -0.25) is 4.79 Å². The first-order valence-corrected chi connectivity index (χ1v) is 7.06. The lowest BCUT2D eigenvalue weighted by molar-refractivity contribution is -0.137. The van der Waals surface area contributed by atoms with Crippen LogP contribution in [0.2, 0.25) is 0 Å². The number of para-hydroxylation sites is 1. The van der Waals surface area contributed by atoms with Crippen molar-refractivity contribution in [1.82, 2.24) is 5.32 Å². The molecule has 0 unspecified atom stereocenters. The van der Waals surface area contributed by atoms with E-state index in [-0.39, 0.29) is 12.5 Å². The molecule has 122 valence electrons. The number of anilines is 1. The van der Waals surface area contributed by atoms with E-state index < -0.39 is 5.97 Å². The highest BCUT2D eigenvalue weighted by Gasteiger charge is 2.12. The van der Waals surface area contributed by atoms with Crippen molar-refractivity contribution in [3.05, 3.63) is 18.2 Å². The number of carbonyl (C=O) groups excluding carboxylic acids is 1. The first-order chi connectivity index (χ1) is 10.6. The number of urea groups is 1. The zero-order valence-corrected chi connectivity index (χ0v) is 12.8. The Morgan fingerprint density at radius 3 is 2.27 bits per heavy atom. The number of benzene rings is 1. The van der Waals surface area contributed by atoms with Crippen molar-refractivity contribution >= 4 is 17.7 Å². The van der Waals surface area contributed by atoms with E-state index in [0.717, 1.165) is 12.8 Å². The van der Waals surface area contributed by atoms with Gasteiger partial charge in [-0.05, 0) is 25.0 Å². The third-order valence-electron chi connectivity index (χ3n) is 3.02. The summed E-state index contributed by atoms with van der Waals surface area (Å²) in [5.41, 5.74) is 0.468. The Hall–Kier alpha value is -2.44. The second-order valence-electron chi connectivity index (χ2n) is 4.62. The lowest BCUT2D eigenvalue weighted by atomic mass is 10.2. The molecule has 0 saturated carbocycles. The van der Waals surface area contributed by atoms with Crippen LogP contribution in [0.15, 0.2) is 18.2 Å². The first-order valence-electron chi connectivity index (χ1n) is 7.06. The molecule has 7 nitrogen and oxygen atoms in total. The molecule has 1 rings (SSSR count). The number of hydrogen-bond donors (Lipinski definition) is 3. The standard InChI is InChI=1S/C15H22N2O5/c1-21-11-7-6-8-12(22-2)14(11)17-15(20)16-10-5-3-4-9-13(18)19/h6-8H,3-5,9-10H2,1-2H3,(H,18,19)(H2,16,17,20). The van der Waals surface area contributed by atoms with E-state index in [0.29, 0.717) is 30.2 Å². The second-order valence-corrected chi connectivity index (χ2v) is 4.62. The number of carboxylic acids is 1. The van der Waals surface area contributed by atoms with Gasteiger partial charge in [-0.2, -0.15) is 0 Å². The molecule has 0 radical (unpaired) electrons. The lowest BCUT2D eigenvalue weighted by Gasteiger charge is -2.14. The lowest BCUT2D eigenvalue weighted by Crippen LogP contribution is -2.29. The van der Waals surface area contributed by atoms with Gasteiger partial charge in [0.2, 0.25) is 0 Å². The van der Waals surface area contributed by atoms with E-state index in [9.17, 15) is 9.59 Å². The number of hydrogen-bond acceptors (Lipinski definition) is 4. The summed E-state index contributed by atoms with van der Waals surface area (Å²) in [6.07, 6.45) is 2.25. The zero-order chi connectivity index (χ0) is 16.4. The minimum atomic E-state index is -0.797. The molecular formula is C15H22N2O5. The van der Waals surface area contributed by atoms with Crippen molar-refractivity contribution < 1.29 is 24.2 Å². The van der Waals surface area contributed by atoms with Gasteiger partial charge >= 0.3 is 12.0 Å². The van der Waals surface area contributed by atoms with Gasteiger partial charge in [0.25, 0.3) is 0 Å². The molecule has 0 aromatic heterocycles. The van der Waals surface area contributed by atoms with Gasteiger partial charge < -0.3 is 25.2 Å². The molecule has 0 heterocycles. The number of carboxylic acid groups (broad SMARTS) is 1. The van der Waals surface area contributed by atoms with Crippen LogP contribution >= 0.6 is 0 Å². The number of amides is 2. The summed E-state index contributed by atoms with van der Waals surface area (Å²) in [7, 11) is 3.03. The fourth-order valence-electron chi connectivity index (χ4n) is 1.91. The maximum absolute atomic E-state index is 11.9. The number of rotatable bonds is 9. The molecule has 2 amide bonds. The van der Waals surface area contributed by atoms with E-state index in [1.807, 2.05) is 0 Å². The SMILES string of the molecule is COc1cccc(OC)c1NC(=O)NCCCCCC(=O)O. The monoisotopic (exact) mass is 310 g/mol. The van der Waals surface area contributed by atoms with Crippen LogP contribution in [-0.4, -0.2) is 37.9 Å². The third-order valence-corrected chi connectivity index (χ3v) is 3.02. The Bertz CT molecular complexity index is 482. The predicted octanol–water partition coefficient (Wildman–Crippen LogP) is 2.47. The summed E-state index contributed by atoms with van der Waals surface area (Å²) >= 11 is 0. The van der Waals surface area contributed by atoms with Crippen molar-refractivity contribution in [3.63, 3.8) is 0 Å². The Morgan fingerprint density at radius 1 is 1.09 bits per heavy atom. The van der Waals surface area contributed by atoms with Gasteiger partial charge in [0, 0.05) is 13.0 Å². The molecule has 1 aromatic rings. The Labute approximate surface area is 129 Å². The van der Waals surface area contributed by atoms with E-state index in [1.54, 1.807) is 18.2 Å². The average molecular weight is 310 g/mol. The molecular weight excluding hydrogens is 288 g/mol. The summed E-state index contributed by atoms with van der Waals surface area (Å²) in [4.78, 5) is 22.2. The topological polar surface area (TPSA) is 96.9 Å². The van der Waals surface area contributed by atoms with Crippen molar-refractivity contribution in [1.29, 1.82) is 0 Å². The van der Waals surface area contributed by atoms with Gasteiger partial charge in [0.05, 0.1) is 14.2 Å².